The van der Waals surface area contributed by atoms with Crippen LogP contribution in [0.2, 0.25) is 0 Å². The Hall–Kier alpha value is -2.73. The Morgan fingerprint density at radius 2 is 1.70 bits per heavy atom. The number of rotatable bonds is 3. The van der Waals surface area contributed by atoms with E-state index in [0.717, 1.165) is 16.8 Å². The van der Waals surface area contributed by atoms with E-state index in [1.807, 2.05) is 26.8 Å². The minimum absolute atomic E-state index is 0.295. The first-order valence-electron chi connectivity index (χ1n) is 8.43. The SMILES string of the molecule is Cc1cc(C)c(Nc2nc3ccccc3n3c(P(=O)(O)O)ncc23)c(C)c1. The lowest BCUT2D eigenvalue weighted by Crippen LogP contribution is -2.15. The number of hydrogen-bond donors (Lipinski definition) is 3. The third-order valence-electron chi connectivity index (χ3n) is 4.52. The number of fused-ring (bicyclic) bond motifs is 3. The van der Waals surface area contributed by atoms with Gasteiger partial charge < -0.3 is 15.1 Å². The number of aryl methyl sites for hydroxylation is 3. The van der Waals surface area contributed by atoms with E-state index in [-0.39, 0.29) is 5.57 Å². The highest BCUT2D eigenvalue weighted by molar-refractivity contribution is 7.59. The molecule has 2 heterocycles. The Labute approximate surface area is 155 Å². The molecule has 138 valence electrons. The average molecular weight is 382 g/mol. The molecule has 27 heavy (non-hydrogen) atoms. The number of nitrogens with zero attached hydrogens (tertiary/aromatic N) is 3. The van der Waals surface area contributed by atoms with Crippen molar-refractivity contribution < 1.29 is 14.4 Å². The summed E-state index contributed by atoms with van der Waals surface area (Å²) in [5, 5.41) is 3.34. The largest absolute Gasteiger partial charge is 0.391 e. The average Bonchev–Trinajstić information content (AvgIpc) is 3.04. The Kier molecular flexibility index (Phi) is 4.03. The van der Waals surface area contributed by atoms with Gasteiger partial charge in [-0.05, 0) is 44.0 Å². The van der Waals surface area contributed by atoms with E-state index in [1.165, 1.54) is 16.2 Å². The molecule has 0 atom stereocenters. The van der Waals surface area contributed by atoms with Crippen molar-refractivity contribution in [3.8, 4) is 0 Å². The van der Waals surface area contributed by atoms with Crippen LogP contribution in [0.4, 0.5) is 11.5 Å². The van der Waals surface area contributed by atoms with Gasteiger partial charge in [0.15, 0.2) is 5.82 Å². The summed E-state index contributed by atoms with van der Waals surface area (Å²) in [5.41, 5.74) is 5.63. The van der Waals surface area contributed by atoms with Crippen molar-refractivity contribution in [2.24, 2.45) is 0 Å². The summed E-state index contributed by atoms with van der Waals surface area (Å²) < 4.78 is 13.4. The molecule has 7 nitrogen and oxygen atoms in total. The molecular formula is C19H19N4O3P. The second-order valence-electron chi connectivity index (χ2n) is 6.67. The summed E-state index contributed by atoms with van der Waals surface area (Å²) in [4.78, 5) is 28.1. The van der Waals surface area contributed by atoms with E-state index < -0.39 is 7.60 Å². The normalized spacial score (nSPS) is 12.0. The van der Waals surface area contributed by atoms with Gasteiger partial charge in [-0.1, -0.05) is 29.8 Å². The van der Waals surface area contributed by atoms with Gasteiger partial charge in [0.25, 0.3) is 0 Å². The van der Waals surface area contributed by atoms with E-state index in [0.29, 0.717) is 22.4 Å². The van der Waals surface area contributed by atoms with Crippen molar-refractivity contribution in [3.05, 3.63) is 59.3 Å². The van der Waals surface area contributed by atoms with Crippen molar-refractivity contribution in [1.29, 1.82) is 0 Å². The molecule has 3 N–H and O–H groups in total. The zero-order valence-corrected chi connectivity index (χ0v) is 16.0. The second-order valence-corrected chi connectivity index (χ2v) is 8.16. The topological polar surface area (TPSA) is 99.8 Å². The number of anilines is 2. The van der Waals surface area contributed by atoms with Crippen LogP contribution in [0.25, 0.3) is 16.6 Å². The van der Waals surface area contributed by atoms with Crippen LogP contribution in [0.5, 0.6) is 0 Å². The minimum Gasteiger partial charge on any atom is -0.338 e. The lowest BCUT2D eigenvalue weighted by atomic mass is 10.1. The molecule has 0 fully saturated rings. The molecule has 0 aliphatic carbocycles. The Balaban J connectivity index is 2.02. The maximum absolute atomic E-state index is 11.9. The van der Waals surface area contributed by atoms with Gasteiger partial charge in [0, 0.05) is 5.69 Å². The summed E-state index contributed by atoms with van der Waals surface area (Å²) in [6, 6.07) is 11.4. The number of imidazole rings is 1. The predicted octanol–water partition coefficient (Wildman–Crippen LogP) is 3.35. The summed E-state index contributed by atoms with van der Waals surface area (Å²) in [7, 11) is -4.55. The van der Waals surface area contributed by atoms with Crippen molar-refractivity contribution >= 4 is 41.2 Å². The highest BCUT2D eigenvalue weighted by Gasteiger charge is 2.26. The smallest absolute Gasteiger partial charge is 0.338 e. The number of nitrogens with one attached hydrogen (secondary N) is 1. The lowest BCUT2D eigenvalue weighted by molar-refractivity contribution is 0.385. The molecule has 4 aromatic rings. The zero-order chi connectivity index (χ0) is 19.3. The Morgan fingerprint density at radius 1 is 1.04 bits per heavy atom. The van der Waals surface area contributed by atoms with Gasteiger partial charge in [-0.15, -0.1) is 0 Å². The van der Waals surface area contributed by atoms with Crippen LogP contribution in [0.1, 0.15) is 16.7 Å². The molecule has 0 aliphatic rings. The summed E-state index contributed by atoms with van der Waals surface area (Å²) >= 11 is 0. The van der Waals surface area contributed by atoms with Crippen LogP contribution in [-0.4, -0.2) is 24.2 Å². The molecule has 0 radical (unpaired) electrons. The van der Waals surface area contributed by atoms with Gasteiger partial charge in [0.1, 0.15) is 5.52 Å². The molecule has 0 spiro atoms. The third-order valence-corrected chi connectivity index (χ3v) is 5.36. The van der Waals surface area contributed by atoms with Crippen molar-refractivity contribution in [1.82, 2.24) is 14.4 Å². The van der Waals surface area contributed by atoms with Crippen molar-refractivity contribution in [3.63, 3.8) is 0 Å². The molecule has 0 bridgehead atoms. The monoisotopic (exact) mass is 382 g/mol. The molecule has 0 saturated carbocycles. The van der Waals surface area contributed by atoms with Gasteiger partial charge in [-0.25, -0.2) is 9.97 Å². The van der Waals surface area contributed by atoms with Gasteiger partial charge in [0.05, 0.1) is 17.2 Å². The van der Waals surface area contributed by atoms with Crippen molar-refractivity contribution in [2.75, 3.05) is 5.32 Å². The fourth-order valence-electron chi connectivity index (χ4n) is 3.47. The molecule has 0 amide bonds. The van der Waals surface area contributed by atoms with E-state index in [9.17, 15) is 14.4 Å². The van der Waals surface area contributed by atoms with Crippen LogP contribution in [0, 0.1) is 20.8 Å². The van der Waals surface area contributed by atoms with Crippen LogP contribution in [0.3, 0.4) is 0 Å². The molecular weight excluding hydrogens is 363 g/mol. The fourth-order valence-corrected chi connectivity index (χ4v) is 4.15. The lowest BCUT2D eigenvalue weighted by Gasteiger charge is -2.15. The summed E-state index contributed by atoms with van der Waals surface area (Å²) in [6.45, 7) is 6.07. The highest BCUT2D eigenvalue weighted by atomic mass is 31.2. The number of benzene rings is 2. The van der Waals surface area contributed by atoms with E-state index in [2.05, 4.69) is 27.4 Å². The van der Waals surface area contributed by atoms with Crippen LogP contribution < -0.4 is 10.9 Å². The summed E-state index contributed by atoms with van der Waals surface area (Å²) in [6.07, 6.45) is 1.44. The molecule has 2 aromatic heterocycles. The molecule has 2 aromatic carbocycles. The van der Waals surface area contributed by atoms with Crippen LogP contribution >= 0.6 is 7.60 Å². The van der Waals surface area contributed by atoms with Crippen LogP contribution in [0.15, 0.2) is 42.6 Å². The standard InChI is InChI=1S/C19H19N4O3P/c1-11-8-12(2)17(13(3)9-11)22-18-16-10-20-19(27(24,25)26)23(16)15-7-5-4-6-14(15)21-18/h4-10H,1-3H3,(H,21,22)(H2,24,25,26). The highest BCUT2D eigenvalue weighted by Crippen LogP contribution is 2.35. The first-order valence-corrected chi connectivity index (χ1v) is 10.0. The van der Waals surface area contributed by atoms with Gasteiger partial charge in [-0.3, -0.25) is 8.97 Å². The summed E-state index contributed by atoms with van der Waals surface area (Å²) in [5.74, 6) is 0.496. The van der Waals surface area contributed by atoms with Crippen molar-refractivity contribution in [2.45, 2.75) is 20.8 Å². The zero-order valence-electron chi connectivity index (χ0n) is 15.1. The van der Waals surface area contributed by atoms with E-state index in [4.69, 9.17) is 0 Å². The maximum atomic E-state index is 11.9. The molecule has 0 saturated heterocycles. The van der Waals surface area contributed by atoms with E-state index in [1.54, 1.807) is 18.2 Å². The number of hydrogen-bond acceptors (Lipinski definition) is 4. The van der Waals surface area contributed by atoms with Crippen LogP contribution in [-0.2, 0) is 4.57 Å². The number of aromatic nitrogens is 3. The molecule has 0 aliphatic heterocycles. The number of para-hydroxylation sites is 2. The molecule has 8 heteroatoms. The van der Waals surface area contributed by atoms with Gasteiger partial charge >= 0.3 is 7.60 Å². The van der Waals surface area contributed by atoms with Gasteiger partial charge in [0.2, 0.25) is 5.57 Å². The first-order chi connectivity index (χ1) is 12.8. The minimum atomic E-state index is -4.55. The first kappa shape index (κ1) is 17.7. The second kappa shape index (κ2) is 6.16. The third kappa shape index (κ3) is 3.00. The predicted molar refractivity (Wildman–Crippen MR) is 106 cm³/mol. The fraction of sp³-hybridized carbons (Fsp3) is 0.158. The quantitative estimate of drug-likeness (QED) is 0.470. The Bertz CT molecular complexity index is 1220. The molecule has 0 unspecified atom stereocenters. The maximum Gasteiger partial charge on any atom is 0.391 e. The van der Waals surface area contributed by atoms with E-state index >= 15 is 0 Å². The Morgan fingerprint density at radius 3 is 2.37 bits per heavy atom. The molecule has 4 rings (SSSR count). The van der Waals surface area contributed by atoms with Gasteiger partial charge in [-0.2, -0.15) is 0 Å².